The summed E-state index contributed by atoms with van der Waals surface area (Å²) in [6, 6.07) is 6.37. The van der Waals surface area contributed by atoms with E-state index in [-0.39, 0.29) is 24.1 Å². The molecule has 0 radical (unpaired) electrons. The molecule has 1 N–H and O–H groups in total. The van der Waals surface area contributed by atoms with Crippen LogP contribution in [0.5, 0.6) is 0 Å². The molecule has 1 aliphatic heterocycles. The van der Waals surface area contributed by atoms with E-state index in [0.29, 0.717) is 13.1 Å². The van der Waals surface area contributed by atoms with Gasteiger partial charge in [-0.15, -0.1) is 12.4 Å². The van der Waals surface area contributed by atoms with E-state index in [1.807, 2.05) is 17.1 Å². The Bertz CT molecular complexity index is 1020. The standard InChI is InChI=1S/C22H26FN7O.ClH/c1-17(31)24-8-9-30-16-18(14-27-30)15-28-10-12-29(13-11-28)22-21(25-6-7-26-22)19-2-4-20(23)5-3-19;/h2-7,14,16H,8-13,15H2,1H3,(H,24,31);1H. The van der Waals surface area contributed by atoms with Gasteiger partial charge in [-0.1, -0.05) is 0 Å². The summed E-state index contributed by atoms with van der Waals surface area (Å²) < 4.78 is 15.2. The maximum absolute atomic E-state index is 13.3. The molecule has 0 saturated carbocycles. The van der Waals surface area contributed by atoms with Crippen molar-refractivity contribution >= 4 is 24.1 Å². The highest BCUT2D eigenvalue weighted by Gasteiger charge is 2.21. The lowest BCUT2D eigenvalue weighted by atomic mass is 10.1. The van der Waals surface area contributed by atoms with Gasteiger partial charge in [0, 0.05) is 75.9 Å². The summed E-state index contributed by atoms with van der Waals surface area (Å²) in [5, 5.41) is 7.15. The molecule has 4 rings (SSSR count). The Morgan fingerprint density at radius 1 is 1.09 bits per heavy atom. The number of carbonyl (C=O) groups is 1. The molecule has 0 aliphatic carbocycles. The number of hydrogen-bond acceptors (Lipinski definition) is 6. The predicted molar refractivity (Wildman–Crippen MR) is 123 cm³/mol. The number of nitrogens with one attached hydrogen (secondary N) is 1. The smallest absolute Gasteiger partial charge is 0.216 e. The Hall–Kier alpha value is -3.04. The van der Waals surface area contributed by atoms with Crippen LogP contribution < -0.4 is 10.2 Å². The number of aromatic nitrogens is 4. The Morgan fingerprint density at radius 3 is 2.53 bits per heavy atom. The van der Waals surface area contributed by atoms with Crippen molar-refractivity contribution in [3.8, 4) is 11.3 Å². The third-order valence-corrected chi connectivity index (χ3v) is 5.28. The van der Waals surface area contributed by atoms with Crippen molar-refractivity contribution in [1.29, 1.82) is 0 Å². The van der Waals surface area contributed by atoms with Crippen LogP contribution in [-0.4, -0.2) is 63.3 Å². The van der Waals surface area contributed by atoms with Crippen LogP contribution in [0.4, 0.5) is 10.2 Å². The van der Waals surface area contributed by atoms with Gasteiger partial charge in [0.15, 0.2) is 5.82 Å². The predicted octanol–water partition coefficient (Wildman–Crippen LogP) is 2.36. The molecule has 0 spiro atoms. The number of anilines is 1. The first-order chi connectivity index (χ1) is 15.1. The maximum Gasteiger partial charge on any atom is 0.216 e. The van der Waals surface area contributed by atoms with E-state index in [9.17, 15) is 9.18 Å². The number of nitrogens with zero attached hydrogens (tertiary/aromatic N) is 6. The molecule has 1 amide bonds. The molecule has 0 atom stereocenters. The molecule has 170 valence electrons. The molecule has 3 aromatic rings. The highest BCUT2D eigenvalue weighted by Crippen LogP contribution is 2.27. The van der Waals surface area contributed by atoms with Gasteiger partial charge < -0.3 is 10.2 Å². The number of halogens is 2. The largest absolute Gasteiger partial charge is 0.354 e. The van der Waals surface area contributed by atoms with Gasteiger partial charge in [0.25, 0.3) is 0 Å². The summed E-state index contributed by atoms with van der Waals surface area (Å²) in [5.74, 6) is 0.539. The van der Waals surface area contributed by atoms with Gasteiger partial charge in [0.2, 0.25) is 5.91 Å². The Labute approximate surface area is 192 Å². The van der Waals surface area contributed by atoms with Gasteiger partial charge in [0.1, 0.15) is 11.5 Å². The fourth-order valence-electron chi connectivity index (χ4n) is 3.71. The minimum Gasteiger partial charge on any atom is -0.354 e. The number of carbonyl (C=O) groups excluding carboxylic acids is 1. The molecule has 3 heterocycles. The minimum absolute atomic E-state index is 0. The number of amides is 1. The summed E-state index contributed by atoms with van der Waals surface area (Å²) in [6.07, 6.45) is 7.28. The number of benzene rings is 1. The molecule has 1 aromatic carbocycles. The molecule has 8 nitrogen and oxygen atoms in total. The van der Waals surface area contributed by atoms with Crippen LogP contribution in [0.25, 0.3) is 11.3 Å². The average Bonchev–Trinajstić information content (AvgIpc) is 3.22. The Morgan fingerprint density at radius 2 is 1.81 bits per heavy atom. The van der Waals surface area contributed by atoms with Crippen LogP contribution in [-0.2, 0) is 17.9 Å². The molecular weight excluding hydrogens is 433 g/mol. The van der Waals surface area contributed by atoms with E-state index in [1.54, 1.807) is 24.5 Å². The summed E-state index contributed by atoms with van der Waals surface area (Å²) >= 11 is 0. The summed E-state index contributed by atoms with van der Waals surface area (Å²) in [6.45, 7) is 7.05. The molecule has 1 aliphatic rings. The minimum atomic E-state index is -0.263. The van der Waals surface area contributed by atoms with Gasteiger partial charge in [-0.25, -0.2) is 9.37 Å². The van der Waals surface area contributed by atoms with Gasteiger partial charge in [-0.3, -0.25) is 19.4 Å². The number of hydrogen-bond donors (Lipinski definition) is 1. The lowest BCUT2D eigenvalue weighted by Gasteiger charge is -2.35. The van der Waals surface area contributed by atoms with E-state index in [2.05, 4.69) is 30.2 Å². The molecule has 10 heteroatoms. The Kier molecular flexibility index (Phi) is 8.13. The van der Waals surface area contributed by atoms with Crippen molar-refractivity contribution in [2.24, 2.45) is 0 Å². The van der Waals surface area contributed by atoms with E-state index in [4.69, 9.17) is 0 Å². The van der Waals surface area contributed by atoms with Crippen molar-refractivity contribution in [2.45, 2.75) is 20.0 Å². The second-order valence-electron chi connectivity index (χ2n) is 7.59. The monoisotopic (exact) mass is 459 g/mol. The summed E-state index contributed by atoms with van der Waals surface area (Å²) in [4.78, 5) is 24.7. The molecule has 32 heavy (non-hydrogen) atoms. The van der Waals surface area contributed by atoms with Crippen molar-refractivity contribution in [3.05, 3.63) is 60.4 Å². The van der Waals surface area contributed by atoms with E-state index in [1.165, 1.54) is 19.1 Å². The van der Waals surface area contributed by atoms with Crippen LogP contribution in [0.2, 0.25) is 0 Å². The zero-order chi connectivity index (χ0) is 21.6. The van der Waals surface area contributed by atoms with Gasteiger partial charge >= 0.3 is 0 Å². The second kappa shape index (κ2) is 11.0. The van der Waals surface area contributed by atoms with E-state index < -0.39 is 0 Å². The molecule has 0 unspecified atom stereocenters. The van der Waals surface area contributed by atoms with Crippen molar-refractivity contribution in [2.75, 3.05) is 37.6 Å². The van der Waals surface area contributed by atoms with Crippen molar-refractivity contribution < 1.29 is 9.18 Å². The lowest BCUT2D eigenvalue weighted by molar-refractivity contribution is -0.118. The second-order valence-corrected chi connectivity index (χ2v) is 7.59. The average molecular weight is 460 g/mol. The van der Waals surface area contributed by atoms with Crippen LogP contribution in [0.1, 0.15) is 12.5 Å². The normalized spacial score (nSPS) is 14.1. The highest BCUT2D eigenvalue weighted by molar-refractivity contribution is 5.85. The van der Waals surface area contributed by atoms with Gasteiger partial charge in [-0.05, 0) is 24.3 Å². The van der Waals surface area contributed by atoms with Crippen molar-refractivity contribution in [3.63, 3.8) is 0 Å². The third kappa shape index (κ3) is 6.02. The maximum atomic E-state index is 13.3. The highest BCUT2D eigenvalue weighted by atomic mass is 35.5. The molecule has 2 aromatic heterocycles. The van der Waals surface area contributed by atoms with Crippen LogP contribution in [0.3, 0.4) is 0 Å². The van der Waals surface area contributed by atoms with E-state index >= 15 is 0 Å². The topological polar surface area (TPSA) is 79.2 Å². The summed E-state index contributed by atoms with van der Waals surface area (Å²) in [5.41, 5.74) is 2.79. The first-order valence-corrected chi connectivity index (χ1v) is 10.4. The first kappa shape index (κ1) is 23.6. The molecule has 1 fully saturated rings. The Balaban J connectivity index is 0.00000289. The van der Waals surface area contributed by atoms with Gasteiger partial charge in [-0.2, -0.15) is 5.10 Å². The lowest BCUT2D eigenvalue weighted by Crippen LogP contribution is -2.46. The SMILES string of the molecule is CC(=O)NCCn1cc(CN2CCN(c3nccnc3-c3ccc(F)cc3)CC2)cn1.Cl. The van der Waals surface area contributed by atoms with Crippen molar-refractivity contribution in [1.82, 2.24) is 30.0 Å². The van der Waals surface area contributed by atoms with Crippen LogP contribution in [0.15, 0.2) is 49.1 Å². The van der Waals surface area contributed by atoms with Gasteiger partial charge in [0.05, 0.1) is 12.7 Å². The fraction of sp³-hybridized carbons (Fsp3) is 0.364. The van der Waals surface area contributed by atoms with Crippen LogP contribution in [0, 0.1) is 5.82 Å². The molecule has 1 saturated heterocycles. The number of piperazine rings is 1. The quantitative estimate of drug-likeness (QED) is 0.584. The third-order valence-electron chi connectivity index (χ3n) is 5.28. The number of rotatable bonds is 7. The zero-order valence-corrected chi connectivity index (χ0v) is 18.8. The summed E-state index contributed by atoms with van der Waals surface area (Å²) in [7, 11) is 0. The molecular formula is C22H27ClFN7O. The first-order valence-electron chi connectivity index (χ1n) is 10.4. The molecule has 0 bridgehead atoms. The fourth-order valence-corrected chi connectivity index (χ4v) is 3.71. The van der Waals surface area contributed by atoms with E-state index in [0.717, 1.165) is 55.4 Å². The zero-order valence-electron chi connectivity index (χ0n) is 17.9. The van der Waals surface area contributed by atoms with Crippen LogP contribution >= 0.6 is 12.4 Å².